The van der Waals surface area contributed by atoms with Gasteiger partial charge in [0, 0.05) is 29.7 Å². The van der Waals surface area contributed by atoms with Gasteiger partial charge in [-0.3, -0.25) is 4.79 Å². The number of carbonyl (C=O) groups is 2. The molecule has 446 valence electrons. The lowest BCUT2D eigenvalue weighted by Crippen LogP contribution is -2.83. The van der Waals surface area contributed by atoms with Gasteiger partial charge in [-0.1, -0.05) is 156 Å². The van der Waals surface area contributed by atoms with E-state index in [0.29, 0.717) is 67.6 Å². The fourth-order valence-electron chi connectivity index (χ4n) is 24.7. The Kier molecular flexibility index (Phi) is 13.3. The molecule has 1 aliphatic heterocycles. The number of aryl methyl sites for hydroxylation is 1. The molecule has 0 amide bonds. The largest absolute Gasteiger partial charge is 0.462 e. The number of ether oxygens (including phenoxy) is 2. The van der Waals surface area contributed by atoms with Crippen molar-refractivity contribution >= 4 is 22.7 Å². The molecule has 4 spiro atoms. The molecule has 15 rings (SSSR count). The minimum atomic E-state index is -1.65. The molecule has 1 heterocycles. The van der Waals surface area contributed by atoms with Crippen LogP contribution in [0.25, 0.3) is 10.8 Å². The van der Waals surface area contributed by atoms with Gasteiger partial charge in [0.1, 0.15) is 12.7 Å². The number of hydrogen-bond acceptors (Lipinski definition) is 7. The van der Waals surface area contributed by atoms with E-state index < -0.39 is 45.6 Å². The zero-order valence-corrected chi connectivity index (χ0v) is 51.2. The maximum absolute atomic E-state index is 14.7. The molecule has 4 aromatic carbocycles. The van der Waals surface area contributed by atoms with E-state index in [1.165, 1.54) is 101 Å². The van der Waals surface area contributed by atoms with Crippen LogP contribution in [0.3, 0.4) is 0 Å². The summed E-state index contributed by atoms with van der Waals surface area (Å²) in [5.41, 5.74) is 3.34. The molecule has 0 saturated heterocycles. The standard InChI is InChI=1S/C77H96O7/c1-50(17-15-20-52-18-7-5-8-19-52)28-37-75(81)42-39-69(3)46-62(84-51(2)78)68-70(4,35-31-63(79)77(68,75)76(69,82)38-29-53-43-64(80)83-47-53)56-30-36-74-49-72(41-40-71(48-72)32-13-14-33-71)61-45-73(55-22-9-6-10-23-55)34-12-11-25-59(73)58-27-26-54-21-16-24-57(60(74)44-56)65(54)66(58)67(61)74/h5-10,16,18-19,21-24,26-27,39,42-43,50,56,59-63,67-68,79,81-82H,11-15,17,20,25,28-38,40-41,44-49H2,1-4H3/t50-,56+,59+,60-,61-,62-,63+,67+,68+,69+,70+,72+,73+,74-,75+,76-,77+/m1/s1. The highest BCUT2D eigenvalue weighted by Crippen LogP contribution is 2.83. The van der Waals surface area contributed by atoms with E-state index in [4.69, 9.17) is 9.47 Å². The lowest BCUT2D eigenvalue weighted by Gasteiger charge is -2.76. The Morgan fingerprint density at radius 2 is 1.54 bits per heavy atom. The minimum absolute atomic E-state index is 0.0803. The molecule has 7 saturated carbocycles. The van der Waals surface area contributed by atoms with Gasteiger partial charge in [0.15, 0.2) is 0 Å². The first kappa shape index (κ1) is 56.0. The van der Waals surface area contributed by atoms with Crippen molar-refractivity contribution in [3.8, 4) is 0 Å². The van der Waals surface area contributed by atoms with Crippen molar-refractivity contribution < 1.29 is 34.4 Å². The van der Waals surface area contributed by atoms with Gasteiger partial charge >= 0.3 is 11.9 Å². The van der Waals surface area contributed by atoms with E-state index in [-0.39, 0.29) is 53.0 Å². The summed E-state index contributed by atoms with van der Waals surface area (Å²) in [6.45, 7) is 8.56. The zero-order valence-electron chi connectivity index (χ0n) is 51.2. The third-order valence-electron chi connectivity index (χ3n) is 27.9. The number of benzene rings is 4. The maximum atomic E-state index is 14.7. The van der Waals surface area contributed by atoms with Gasteiger partial charge in [-0.2, -0.15) is 0 Å². The van der Waals surface area contributed by atoms with Gasteiger partial charge in [-0.05, 0) is 236 Å². The Hall–Kier alpha value is -4.56. The van der Waals surface area contributed by atoms with Crippen LogP contribution >= 0.6 is 0 Å². The highest BCUT2D eigenvalue weighted by atomic mass is 16.5. The lowest BCUT2D eigenvalue weighted by atomic mass is 9.31. The Bertz CT molecular complexity index is 3290. The van der Waals surface area contributed by atoms with Crippen molar-refractivity contribution in [2.45, 2.75) is 241 Å². The summed E-state index contributed by atoms with van der Waals surface area (Å²) in [7, 11) is 0. The average Bonchev–Trinajstić information content (AvgIpc) is 0.855. The monoisotopic (exact) mass is 1130 g/mol. The van der Waals surface area contributed by atoms with Crippen LogP contribution in [-0.2, 0) is 30.9 Å². The molecule has 7 fully saturated rings. The number of aliphatic hydroxyl groups excluding tert-OH is 1. The number of carbonyl (C=O) groups excluding carboxylic acids is 2. The fourth-order valence-corrected chi connectivity index (χ4v) is 24.7. The van der Waals surface area contributed by atoms with Gasteiger partial charge in [-0.25, -0.2) is 4.79 Å². The highest BCUT2D eigenvalue weighted by Gasteiger charge is 2.82. The number of cyclic esters (lactones) is 1. The molecule has 2 bridgehead atoms. The molecule has 7 nitrogen and oxygen atoms in total. The quantitative estimate of drug-likeness (QED) is 0.0903. The van der Waals surface area contributed by atoms with Crippen molar-refractivity contribution in [3.63, 3.8) is 0 Å². The molecule has 3 N–H and O–H groups in total. The van der Waals surface area contributed by atoms with Crippen molar-refractivity contribution in [1.82, 2.24) is 0 Å². The van der Waals surface area contributed by atoms with Crippen molar-refractivity contribution in [2.24, 2.45) is 56.2 Å². The van der Waals surface area contributed by atoms with Gasteiger partial charge in [0.25, 0.3) is 0 Å². The molecule has 10 aliphatic carbocycles. The minimum Gasteiger partial charge on any atom is -0.462 e. The summed E-state index contributed by atoms with van der Waals surface area (Å²) in [5.74, 6) is 1.03. The molecule has 7 heteroatoms. The van der Waals surface area contributed by atoms with Crippen LogP contribution in [0.15, 0.2) is 115 Å². The number of esters is 2. The van der Waals surface area contributed by atoms with E-state index in [2.05, 4.69) is 112 Å². The zero-order chi connectivity index (χ0) is 57.7. The Morgan fingerprint density at radius 1 is 0.750 bits per heavy atom. The second-order valence-electron chi connectivity index (χ2n) is 31.5. The van der Waals surface area contributed by atoms with Crippen LogP contribution in [-0.4, -0.2) is 57.3 Å². The molecule has 11 aliphatic rings. The lowest BCUT2D eigenvalue weighted by molar-refractivity contribution is -0.362. The molecule has 0 radical (unpaired) electrons. The van der Waals surface area contributed by atoms with Crippen LogP contribution in [0.2, 0.25) is 0 Å². The van der Waals surface area contributed by atoms with Crippen molar-refractivity contribution in [1.29, 1.82) is 0 Å². The van der Waals surface area contributed by atoms with Gasteiger partial charge in [0.2, 0.25) is 0 Å². The van der Waals surface area contributed by atoms with Crippen LogP contribution in [0.1, 0.15) is 234 Å². The van der Waals surface area contributed by atoms with Crippen LogP contribution in [0.4, 0.5) is 0 Å². The SMILES string of the molecule is CC(=O)O[C@@H]1C[C@]2(C)C=C[C@@](O)(CC[C@H](C)CCCc3ccccc3)[C@@]3([C@@H](O)CC[C@@](C)([C@H]4CC[C@]56C[C@@]7(CCC8(CCCC8)C7)[C@@H]7C[C@]8(c9ccccc9)CCCC[C@H]8c8ccc9cccc(c9c8[C@H]75)[C@H]6C4)[C@H]13)[C@@]2(O)CCC1=CC(=O)OC1. The predicted octanol–water partition coefficient (Wildman–Crippen LogP) is 16.4. The Morgan fingerprint density at radius 3 is 2.31 bits per heavy atom. The second kappa shape index (κ2) is 20.0. The summed E-state index contributed by atoms with van der Waals surface area (Å²) in [4.78, 5) is 26.6. The topological polar surface area (TPSA) is 113 Å². The van der Waals surface area contributed by atoms with E-state index >= 15 is 0 Å². The Balaban J connectivity index is 0.871. The third kappa shape index (κ3) is 7.89. The van der Waals surface area contributed by atoms with Gasteiger partial charge < -0.3 is 24.8 Å². The summed E-state index contributed by atoms with van der Waals surface area (Å²) < 4.78 is 12.3. The number of fused-ring (bicyclic) bond motifs is 5. The fraction of sp³-hybridized carbons (Fsp3) is 0.636. The van der Waals surface area contributed by atoms with Crippen LogP contribution < -0.4 is 0 Å². The molecular weight excluding hydrogens is 1040 g/mol. The highest BCUT2D eigenvalue weighted by molar-refractivity contribution is 5.93. The molecule has 84 heavy (non-hydrogen) atoms. The summed E-state index contributed by atoms with van der Waals surface area (Å²) in [5, 5.41) is 45.7. The molecule has 0 aromatic heterocycles. The van der Waals surface area contributed by atoms with E-state index in [0.717, 1.165) is 44.1 Å². The molecule has 17 atom stereocenters. The summed E-state index contributed by atoms with van der Waals surface area (Å²) in [6.07, 6.45) is 30.7. The van der Waals surface area contributed by atoms with Crippen LogP contribution in [0.5, 0.6) is 0 Å². The van der Waals surface area contributed by atoms with Crippen LogP contribution in [0, 0.1) is 56.2 Å². The summed E-state index contributed by atoms with van der Waals surface area (Å²) >= 11 is 0. The first-order valence-electron chi connectivity index (χ1n) is 34.0. The number of hydrogen-bond donors (Lipinski definition) is 3. The Labute approximate surface area is 501 Å². The van der Waals surface area contributed by atoms with Crippen molar-refractivity contribution in [3.05, 3.63) is 143 Å². The smallest absolute Gasteiger partial charge is 0.331 e. The average molecular weight is 1130 g/mol. The normalized spacial score (nSPS) is 42.2. The second-order valence-corrected chi connectivity index (χ2v) is 31.5. The first-order chi connectivity index (χ1) is 40.5. The predicted molar refractivity (Wildman–Crippen MR) is 331 cm³/mol. The maximum Gasteiger partial charge on any atom is 0.331 e. The van der Waals surface area contributed by atoms with Gasteiger partial charge in [-0.15, -0.1) is 0 Å². The molecule has 4 aromatic rings. The van der Waals surface area contributed by atoms with Crippen molar-refractivity contribution in [2.75, 3.05) is 6.61 Å². The van der Waals surface area contributed by atoms with E-state index in [1.807, 2.05) is 12.2 Å². The molecule has 0 unspecified atom stereocenters. The number of aliphatic hydroxyl groups is 3. The van der Waals surface area contributed by atoms with Gasteiger partial charge in [0.05, 0.1) is 22.7 Å². The van der Waals surface area contributed by atoms with E-state index in [1.54, 1.807) is 33.7 Å². The number of rotatable bonds is 13. The first-order valence-corrected chi connectivity index (χ1v) is 34.0. The summed E-state index contributed by atoms with van der Waals surface area (Å²) in [6, 6.07) is 35.2. The third-order valence-corrected chi connectivity index (χ3v) is 27.9. The van der Waals surface area contributed by atoms with E-state index in [9.17, 15) is 24.9 Å². The molecular formula is C77H96O7.